The van der Waals surface area contributed by atoms with Crippen molar-refractivity contribution in [3.63, 3.8) is 0 Å². The SMILES string of the molecule is O=C(O)C1CCCC1C(=O)NCCc1ncc[nH]1. The van der Waals surface area contributed by atoms with Crippen LogP contribution in [0.3, 0.4) is 0 Å². The van der Waals surface area contributed by atoms with Crippen LogP contribution in [0.5, 0.6) is 0 Å². The number of H-pyrrole nitrogens is 1. The lowest BCUT2D eigenvalue weighted by Gasteiger charge is -2.15. The number of amides is 1. The van der Waals surface area contributed by atoms with Gasteiger partial charge in [-0.15, -0.1) is 0 Å². The molecule has 0 radical (unpaired) electrons. The topological polar surface area (TPSA) is 95.1 Å². The van der Waals surface area contributed by atoms with Gasteiger partial charge in [0.2, 0.25) is 5.91 Å². The van der Waals surface area contributed by atoms with Crippen molar-refractivity contribution in [1.82, 2.24) is 15.3 Å². The van der Waals surface area contributed by atoms with Gasteiger partial charge < -0.3 is 15.4 Å². The predicted octanol–water partition coefficient (Wildman–Crippen LogP) is 0.569. The number of carboxylic acids is 1. The quantitative estimate of drug-likeness (QED) is 0.713. The second kappa shape index (κ2) is 5.66. The number of aliphatic carboxylic acids is 1. The van der Waals surface area contributed by atoms with Gasteiger partial charge in [0.05, 0.1) is 11.8 Å². The Morgan fingerprint density at radius 1 is 1.44 bits per heavy atom. The van der Waals surface area contributed by atoms with E-state index >= 15 is 0 Å². The van der Waals surface area contributed by atoms with E-state index in [2.05, 4.69) is 15.3 Å². The van der Waals surface area contributed by atoms with E-state index in [-0.39, 0.29) is 11.8 Å². The molecule has 0 spiro atoms. The number of carbonyl (C=O) groups is 2. The van der Waals surface area contributed by atoms with Crippen LogP contribution < -0.4 is 5.32 Å². The van der Waals surface area contributed by atoms with Gasteiger partial charge in [0.25, 0.3) is 0 Å². The molecule has 0 saturated heterocycles. The molecule has 1 aliphatic carbocycles. The fourth-order valence-electron chi connectivity index (χ4n) is 2.44. The predicted molar refractivity (Wildman–Crippen MR) is 63.8 cm³/mol. The van der Waals surface area contributed by atoms with Crippen molar-refractivity contribution in [3.05, 3.63) is 18.2 Å². The van der Waals surface area contributed by atoms with Gasteiger partial charge in [0, 0.05) is 25.4 Å². The molecule has 6 nitrogen and oxygen atoms in total. The maximum absolute atomic E-state index is 11.9. The van der Waals surface area contributed by atoms with Gasteiger partial charge >= 0.3 is 5.97 Å². The van der Waals surface area contributed by atoms with E-state index in [1.54, 1.807) is 12.4 Å². The van der Waals surface area contributed by atoms with Crippen molar-refractivity contribution in [2.75, 3.05) is 6.54 Å². The molecule has 0 aromatic carbocycles. The van der Waals surface area contributed by atoms with E-state index in [0.717, 1.165) is 12.2 Å². The number of nitrogens with one attached hydrogen (secondary N) is 2. The first-order valence-corrected chi connectivity index (χ1v) is 6.17. The van der Waals surface area contributed by atoms with Crippen LogP contribution in [-0.2, 0) is 16.0 Å². The standard InChI is InChI=1S/C12H17N3O3/c16-11(8-2-1-3-9(8)12(17)18)15-5-4-10-13-6-7-14-10/h6-9H,1-5H2,(H,13,14)(H,15,16)(H,17,18). The van der Waals surface area contributed by atoms with Crippen molar-refractivity contribution in [1.29, 1.82) is 0 Å². The van der Waals surface area contributed by atoms with Crippen molar-refractivity contribution >= 4 is 11.9 Å². The number of rotatable bonds is 5. The Morgan fingerprint density at radius 2 is 2.22 bits per heavy atom. The fraction of sp³-hybridized carbons (Fsp3) is 0.583. The lowest BCUT2D eigenvalue weighted by molar-refractivity contribution is -0.146. The molecule has 1 heterocycles. The summed E-state index contributed by atoms with van der Waals surface area (Å²) in [6.45, 7) is 0.481. The Bertz CT molecular complexity index is 416. The minimum absolute atomic E-state index is 0.147. The Morgan fingerprint density at radius 3 is 2.89 bits per heavy atom. The molecule has 1 fully saturated rings. The summed E-state index contributed by atoms with van der Waals surface area (Å²) < 4.78 is 0. The Hall–Kier alpha value is -1.85. The third-order valence-electron chi connectivity index (χ3n) is 3.39. The molecule has 1 aromatic rings. The maximum Gasteiger partial charge on any atom is 0.307 e. The average molecular weight is 251 g/mol. The summed E-state index contributed by atoms with van der Waals surface area (Å²) >= 11 is 0. The zero-order valence-corrected chi connectivity index (χ0v) is 10.1. The van der Waals surface area contributed by atoms with Crippen molar-refractivity contribution in [2.24, 2.45) is 11.8 Å². The highest BCUT2D eigenvalue weighted by Gasteiger charge is 2.37. The lowest BCUT2D eigenvalue weighted by atomic mass is 9.95. The minimum atomic E-state index is -0.862. The molecule has 6 heteroatoms. The summed E-state index contributed by atoms with van der Waals surface area (Å²) in [6, 6.07) is 0. The first-order chi connectivity index (χ1) is 8.68. The smallest absolute Gasteiger partial charge is 0.307 e. The number of aromatic nitrogens is 2. The normalized spacial score (nSPS) is 22.9. The number of carboxylic acid groups (broad SMARTS) is 1. The third-order valence-corrected chi connectivity index (χ3v) is 3.39. The van der Waals surface area contributed by atoms with Crippen LogP contribution in [0.25, 0.3) is 0 Å². The van der Waals surface area contributed by atoms with Crippen LogP contribution in [0.15, 0.2) is 12.4 Å². The van der Waals surface area contributed by atoms with Gasteiger partial charge in [0.15, 0.2) is 0 Å². The molecule has 1 amide bonds. The van der Waals surface area contributed by atoms with E-state index in [9.17, 15) is 9.59 Å². The first-order valence-electron chi connectivity index (χ1n) is 6.17. The average Bonchev–Trinajstić information content (AvgIpc) is 2.99. The molecule has 3 N–H and O–H groups in total. The highest BCUT2D eigenvalue weighted by atomic mass is 16.4. The molecule has 1 aromatic heterocycles. The molecule has 0 bridgehead atoms. The number of nitrogens with zero attached hydrogens (tertiary/aromatic N) is 1. The van der Waals surface area contributed by atoms with E-state index in [1.807, 2.05) is 0 Å². The molecule has 2 unspecified atom stereocenters. The molecular weight excluding hydrogens is 234 g/mol. The zero-order chi connectivity index (χ0) is 13.0. The summed E-state index contributed by atoms with van der Waals surface area (Å²) in [7, 11) is 0. The summed E-state index contributed by atoms with van der Waals surface area (Å²) in [6.07, 6.45) is 6.11. The number of aromatic amines is 1. The van der Waals surface area contributed by atoms with Crippen molar-refractivity contribution in [2.45, 2.75) is 25.7 Å². The van der Waals surface area contributed by atoms with Crippen LogP contribution in [0.4, 0.5) is 0 Å². The van der Waals surface area contributed by atoms with Gasteiger partial charge in [-0.2, -0.15) is 0 Å². The number of carbonyl (C=O) groups excluding carboxylic acids is 1. The van der Waals surface area contributed by atoms with E-state index < -0.39 is 11.9 Å². The maximum atomic E-state index is 11.9. The van der Waals surface area contributed by atoms with Gasteiger partial charge in [-0.3, -0.25) is 9.59 Å². The Balaban J connectivity index is 1.79. The molecule has 0 aliphatic heterocycles. The molecular formula is C12H17N3O3. The number of hydrogen-bond donors (Lipinski definition) is 3. The number of hydrogen-bond acceptors (Lipinski definition) is 3. The van der Waals surface area contributed by atoms with Crippen LogP contribution in [0, 0.1) is 11.8 Å². The largest absolute Gasteiger partial charge is 0.481 e. The molecule has 98 valence electrons. The van der Waals surface area contributed by atoms with Gasteiger partial charge in [-0.1, -0.05) is 6.42 Å². The zero-order valence-electron chi connectivity index (χ0n) is 10.1. The van der Waals surface area contributed by atoms with Crippen LogP contribution >= 0.6 is 0 Å². The lowest BCUT2D eigenvalue weighted by Crippen LogP contribution is -2.36. The monoisotopic (exact) mass is 251 g/mol. The second-order valence-corrected chi connectivity index (χ2v) is 4.56. The summed E-state index contributed by atoms with van der Waals surface area (Å²) in [5, 5.41) is 11.8. The second-order valence-electron chi connectivity index (χ2n) is 4.56. The van der Waals surface area contributed by atoms with E-state index in [4.69, 9.17) is 5.11 Å². The van der Waals surface area contributed by atoms with Crippen molar-refractivity contribution in [3.8, 4) is 0 Å². The van der Waals surface area contributed by atoms with Crippen LogP contribution in [0.1, 0.15) is 25.1 Å². The highest BCUT2D eigenvalue weighted by Crippen LogP contribution is 2.31. The molecule has 1 saturated carbocycles. The van der Waals surface area contributed by atoms with E-state index in [0.29, 0.717) is 25.8 Å². The molecule has 2 rings (SSSR count). The molecule has 18 heavy (non-hydrogen) atoms. The van der Waals surface area contributed by atoms with E-state index in [1.165, 1.54) is 0 Å². The van der Waals surface area contributed by atoms with Gasteiger partial charge in [-0.05, 0) is 12.8 Å². The van der Waals surface area contributed by atoms with Crippen molar-refractivity contribution < 1.29 is 14.7 Å². The Kier molecular flexibility index (Phi) is 3.96. The summed E-state index contributed by atoms with van der Waals surface area (Å²) in [5.41, 5.74) is 0. The molecule has 1 aliphatic rings. The van der Waals surface area contributed by atoms with Gasteiger partial charge in [0.1, 0.15) is 5.82 Å². The first kappa shape index (κ1) is 12.6. The van der Waals surface area contributed by atoms with Gasteiger partial charge in [-0.25, -0.2) is 4.98 Å². The fourth-order valence-corrected chi connectivity index (χ4v) is 2.44. The summed E-state index contributed by atoms with van der Waals surface area (Å²) in [4.78, 5) is 29.9. The van der Waals surface area contributed by atoms with Crippen LogP contribution in [-0.4, -0.2) is 33.5 Å². The van der Waals surface area contributed by atoms with Crippen LogP contribution in [0.2, 0.25) is 0 Å². The Labute approximate surface area is 105 Å². The third kappa shape index (κ3) is 2.88. The highest BCUT2D eigenvalue weighted by molar-refractivity contribution is 5.85. The summed E-state index contributed by atoms with van der Waals surface area (Å²) in [5.74, 6) is -1.09. The molecule has 2 atom stereocenters. The number of imidazole rings is 1. The minimum Gasteiger partial charge on any atom is -0.481 e.